The number of hydrogen-bond acceptors (Lipinski definition) is 8. The molecule has 0 aromatic heterocycles. The van der Waals surface area contributed by atoms with Crippen molar-refractivity contribution in [2.75, 3.05) is 13.2 Å². The number of fused-ring (bicyclic) bond motifs is 3. The maximum absolute atomic E-state index is 13.8. The molecule has 3 fully saturated rings. The summed E-state index contributed by atoms with van der Waals surface area (Å²) in [6.45, 7) is 8.86. The summed E-state index contributed by atoms with van der Waals surface area (Å²) >= 11 is 0. The first-order valence-corrected chi connectivity index (χ1v) is 17.4. The average Bonchev–Trinajstić information content (AvgIpc) is 3.92. The normalized spacial score (nSPS) is 24.8. The van der Waals surface area contributed by atoms with E-state index in [1.165, 1.54) is 11.0 Å². The van der Waals surface area contributed by atoms with Crippen molar-refractivity contribution >= 4 is 34.0 Å². The number of nitrogens with zero attached hydrogens (tertiary/aromatic N) is 1. The second-order valence-corrected chi connectivity index (χ2v) is 15.7. The van der Waals surface area contributed by atoms with Gasteiger partial charge in [0.2, 0.25) is 15.9 Å². The minimum absolute atomic E-state index is 0.0199. The van der Waals surface area contributed by atoms with Gasteiger partial charge >= 0.3 is 12.2 Å². The Hall–Kier alpha value is -4.39. The summed E-state index contributed by atoms with van der Waals surface area (Å²) in [5, 5.41) is 4.88. The highest BCUT2D eigenvalue weighted by Crippen LogP contribution is 2.46. The highest BCUT2D eigenvalue weighted by Gasteiger charge is 2.62. The van der Waals surface area contributed by atoms with E-state index in [-0.39, 0.29) is 31.9 Å². The van der Waals surface area contributed by atoms with Crippen LogP contribution in [0.2, 0.25) is 0 Å². The van der Waals surface area contributed by atoms with Gasteiger partial charge in [0.05, 0.1) is 11.3 Å². The van der Waals surface area contributed by atoms with Gasteiger partial charge in [-0.25, -0.2) is 18.0 Å². The van der Waals surface area contributed by atoms with Crippen molar-refractivity contribution in [2.45, 2.75) is 80.8 Å². The molecule has 4 amide bonds. The van der Waals surface area contributed by atoms with Crippen LogP contribution in [0, 0.1) is 5.92 Å². The maximum atomic E-state index is 13.8. The number of amides is 4. The predicted octanol–water partition coefficient (Wildman–Crippen LogP) is 3.57. The molecule has 13 heteroatoms. The number of ether oxygens (including phenoxy) is 2. The first-order chi connectivity index (χ1) is 22.2. The third kappa shape index (κ3) is 6.58. The lowest BCUT2D eigenvalue weighted by Crippen LogP contribution is -2.56. The lowest BCUT2D eigenvalue weighted by Gasteiger charge is -2.29. The van der Waals surface area contributed by atoms with Crippen LogP contribution in [0.25, 0.3) is 11.1 Å². The van der Waals surface area contributed by atoms with Crippen LogP contribution < -0.4 is 15.4 Å². The van der Waals surface area contributed by atoms with Gasteiger partial charge in [0.1, 0.15) is 23.8 Å². The lowest BCUT2D eigenvalue weighted by atomic mass is 9.98. The van der Waals surface area contributed by atoms with Gasteiger partial charge in [-0.15, -0.1) is 6.58 Å². The molecule has 1 aliphatic heterocycles. The first kappa shape index (κ1) is 32.5. The summed E-state index contributed by atoms with van der Waals surface area (Å²) in [6.07, 6.45) is 1.15. The standard InChI is InChI=1S/C34H40N4O8S/c1-5-20-17-34(20,30(40)37-47(43,44)22-14-15-22)36-29(39)28-16-21(18-38(28)32(42)46-33(2,3)4)35-31(41)45-19-27-25-12-8-6-10-23(25)24-11-7-9-13-26(24)27/h5-13,20-22,27-28H,1,14-19H2,2-4H3,(H,35,41)(H,36,39)(H,37,40). The minimum atomic E-state index is -3.86. The number of hydrogen-bond donors (Lipinski definition) is 3. The molecule has 4 atom stereocenters. The quantitative estimate of drug-likeness (QED) is 0.343. The molecule has 2 aromatic carbocycles. The molecule has 2 aromatic rings. The molecule has 4 unspecified atom stereocenters. The zero-order valence-electron chi connectivity index (χ0n) is 26.7. The van der Waals surface area contributed by atoms with E-state index in [4.69, 9.17) is 9.47 Å². The SMILES string of the molecule is C=CC1CC1(NC(=O)C1CC(NC(=O)OCC2c3ccccc3-c3ccccc32)CN1C(=O)OC(C)(C)C)C(=O)NS(=O)(=O)C1CC1. The van der Waals surface area contributed by atoms with E-state index in [0.29, 0.717) is 12.8 Å². The molecule has 6 rings (SSSR count). The number of benzene rings is 2. The van der Waals surface area contributed by atoms with Crippen molar-refractivity contribution in [1.82, 2.24) is 20.3 Å². The van der Waals surface area contributed by atoms with Gasteiger partial charge in [0.15, 0.2) is 0 Å². The molecule has 3 aliphatic carbocycles. The average molecular weight is 665 g/mol. The fourth-order valence-corrected chi connectivity index (χ4v) is 7.90. The number of rotatable bonds is 9. The number of alkyl carbamates (subject to hydrolysis) is 1. The molecule has 0 bridgehead atoms. The smallest absolute Gasteiger partial charge is 0.411 e. The van der Waals surface area contributed by atoms with Gasteiger partial charge in [0, 0.05) is 18.4 Å². The molecule has 3 N–H and O–H groups in total. The van der Waals surface area contributed by atoms with Gasteiger partial charge in [0.25, 0.3) is 5.91 Å². The van der Waals surface area contributed by atoms with Crippen LogP contribution in [0.5, 0.6) is 0 Å². The topological polar surface area (TPSA) is 160 Å². The van der Waals surface area contributed by atoms with Crippen molar-refractivity contribution in [3.05, 3.63) is 72.3 Å². The minimum Gasteiger partial charge on any atom is -0.449 e. The van der Waals surface area contributed by atoms with Gasteiger partial charge < -0.3 is 20.1 Å². The number of carbonyl (C=O) groups is 4. The Morgan fingerprint density at radius 3 is 2.19 bits per heavy atom. The number of carbonyl (C=O) groups excluding carboxylic acids is 4. The second-order valence-electron chi connectivity index (χ2n) is 13.7. The van der Waals surface area contributed by atoms with Crippen LogP contribution in [-0.4, -0.2) is 78.9 Å². The third-order valence-electron chi connectivity index (χ3n) is 9.15. The van der Waals surface area contributed by atoms with Crippen molar-refractivity contribution in [3.63, 3.8) is 0 Å². The number of nitrogens with one attached hydrogen (secondary N) is 3. The zero-order valence-corrected chi connectivity index (χ0v) is 27.5. The van der Waals surface area contributed by atoms with Crippen LogP contribution in [0.4, 0.5) is 9.59 Å². The van der Waals surface area contributed by atoms with Gasteiger partial charge in [-0.05, 0) is 68.7 Å². The Bertz CT molecular complexity index is 1690. The first-order valence-electron chi connectivity index (χ1n) is 15.8. The molecular formula is C34H40N4O8S. The summed E-state index contributed by atoms with van der Waals surface area (Å²) in [7, 11) is -3.86. The summed E-state index contributed by atoms with van der Waals surface area (Å²) in [6, 6.07) is 14.2. The Morgan fingerprint density at radius 1 is 1.02 bits per heavy atom. The molecule has 1 heterocycles. The van der Waals surface area contributed by atoms with Crippen LogP contribution >= 0.6 is 0 Å². The maximum Gasteiger partial charge on any atom is 0.411 e. The zero-order chi connectivity index (χ0) is 33.7. The molecular weight excluding hydrogens is 624 g/mol. The number of likely N-dealkylation sites (tertiary alicyclic amines) is 1. The summed E-state index contributed by atoms with van der Waals surface area (Å²) in [4.78, 5) is 54.5. The largest absolute Gasteiger partial charge is 0.449 e. The molecule has 2 saturated carbocycles. The van der Waals surface area contributed by atoms with E-state index >= 15 is 0 Å². The monoisotopic (exact) mass is 664 g/mol. The van der Waals surface area contributed by atoms with Crippen molar-refractivity contribution in [3.8, 4) is 11.1 Å². The molecule has 47 heavy (non-hydrogen) atoms. The number of sulfonamides is 1. The summed E-state index contributed by atoms with van der Waals surface area (Å²) < 4.78 is 38.4. The Kier molecular flexibility index (Phi) is 8.31. The Balaban J connectivity index is 1.14. The van der Waals surface area contributed by atoms with E-state index in [2.05, 4.69) is 21.9 Å². The van der Waals surface area contributed by atoms with E-state index in [1.807, 2.05) is 48.5 Å². The van der Waals surface area contributed by atoms with Gasteiger partial charge in [-0.3, -0.25) is 19.2 Å². The molecule has 1 saturated heterocycles. The summed E-state index contributed by atoms with van der Waals surface area (Å²) in [5.74, 6) is -2.14. The third-order valence-corrected chi connectivity index (χ3v) is 11.0. The van der Waals surface area contributed by atoms with Crippen LogP contribution in [0.3, 0.4) is 0 Å². The Labute approximate surface area is 274 Å². The molecule has 0 radical (unpaired) electrons. The van der Waals surface area contributed by atoms with E-state index in [9.17, 15) is 27.6 Å². The van der Waals surface area contributed by atoms with Crippen molar-refractivity contribution in [1.29, 1.82) is 0 Å². The fourth-order valence-electron chi connectivity index (χ4n) is 6.54. The van der Waals surface area contributed by atoms with Gasteiger partial charge in [-0.2, -0.15) is 0 Å². The highest BCUT2D eigenvalue weighted by atomic mass is 32.2. The highest BCUT2D eigenvalue weighted by molar-refractivity contribution is 7.91. The molecule has 12 nitrogen and oxygen atoms in total. The van der Waals surface area contributed by atoms with E-state index in [0.717, 1.165) is 22.3 Å². The molecule has 0 spiro atoms. The van der Waals surface area contributed by atoms with E-state index < -0.39 is 68.4 Å². The molecule has 250 valence electrons. The van der Waals surface area contributed by atoms with Crippen LogP contribution in [0.1, 0.15) is 63.5 Å². The van der Waals surface area contributed by atoms with Crippen molar-refractivity contribution < 1.29 is 37.1 Å². The predicted molar refractivity (Wildman–Crippen MR) is 173 cm³/mol. The second kappa shape index (κ2) is 12.0. The fraction of sp³-hybridized carbons (Fsp3) is 0.471. The van der Waals surface area contributed by atoms with Crippen LogP contribution in [0.15, 0.2) is 61.2 Å². The van der Waals surface area contributed by atoms with Crippen LogP contribution in [-0.2, 0) is 29.1 Å². The van der Waals surface area contributed by atoms with Gasteiger partial charge in [-0.1, -0.05) is 54.6 Å². The Morgan fingerprint density at radius 2 is 1.64 bits per heavy atom. The molecule has 4 aliphatic rings. The van der Waals surface area contributed by atoms with Crippen molar-refractivity contribution in [2.24, 2.45) is 5.92 Å². The van der Waals surface area contributed by atoms with E-state index in [1.54, 1.807) is 20.8 Å². The lowest BCUT2D eigenvalue weighted by molar-refractivity contribution is -0.131. The summed E-state index contributed by atoms with van der Waals surface area (Å²) in [5.41, 5.74) is 1.95.